The minimum absolute atomic E-state index is 0.195. The molecule has 10 heteroatoms. The first-order valence-corrected chi connectivity index (χ1v) is 6.27. The summed E-state index contributed by atoms with van der Waals surface area (Å²) in [4.78, 5) is 39.2. The molecule has 0 spiro atoms. The Morgan fingerprint density at radius 3 is 2.52 bits per heavy atom. The number of amides is 2. The van der Waals surface area contributed by atoms with Crippen molar-refractivity contribution in [2.45, 2.75) is 6.92 Å². The number of H-pyrrole nitrogens is 1. The number of imidazole rings is 1. The summed E-state index contributed by atoms with van der Waals surface area (Å²) in [6.45, 7) is 2.11. The van der Waals surface area contributed by atoms with Crippen LogP contribution >= 0.6 is 0 Å². The number of hydrogen-bond donors (Lipinski definition) is 4. The van der Waals surface area contributed by atoms with E-state index in [1.807, 2.05) is 6.92 Å². The van der Waals surface area contributed by atoms with Gasteiger partial charge in [-0.3, -0.25) is 9.59 Å². The number of anilines is 2. The van der Waals surface area contributed by atoms with Crippen LogP contribution in [0.15, 0.2) is 6.33 Å². The Labute approximate surface area is 119 Å². The summed E-state index contributed by atoms with van der Waals surface area (Å²) in [6.07, 6.45) is 1.45. The predicted octanol–water partition coefficient (Wildman–Crippen LogP) is -1.44. The van der Waals surface area contributed by atoms with Gasteiger partial charge in [0.15, 0.2) is 11.5 Å². The highest BCUT2D eigenvalue weighted by Gasteiger charge is 2.19. The van der Waals surface area contributed by atoms with Gasteiger partial charge in [0.2, 0.25) is 17.8 Å². The number of rotatable bonds is 7. The zero-order valence-corrected chi connectivity index (χ0v) is 11.5. The van der Waals surface area contributed by atoms with Gasteiger partial charge in [-0.25, -0.2) is 4.98 Å². The molecule has 0 aliphatic carbocycles. The third kappa shape index (κ3) is 3.35. The number of aromatic amines is 1. The summed E-state index contributed by atoms with van der Waals surface area (Å²) in [5, 5.41) is 2.96. The Balaban J connectivity index is 2.50. The molecule has 2 amide bonds. The van der Waals surface area contributed by atoms with Gasteiger partial charge in [0.05, 0.1) is 19.4 Å². The molecular formula is C11H16N8O2. The highest BCUT2D eigenvalue weighted by atomic mass is 16.2. The zero-order valence-electron chi connectivity index (χ0n) is 11.5. The number of nitrogens with zero attached hydrogens (tertiary/aromatic N) is 4. The molecule has 2 rings (SSSR count). The number of nitrogens with two attached hydrogens (primary N) is 2. The van der Waals surface area contributed by atoms with Crippen LogP contribution in [0.2, 0.25) is 0 Å². The summed E-state index contributed by atoms with van der Waals surface area (Å²) >= 11 is 0. The predicted molar refractivity (Wildman–Crippen MR) is 76.4 cm³/mol. The molecule has 2 heterocycles. The SMILES string of the molecule is CCNc1nc(N(CC(N)=O)CC(N)=O)c2[nH]cnc2n1. The highest BCUT2D eigenvalue weighted by molar-refractivity contribution is 5.91. The van der Waals surface area contributed by atoms with Crippen molar-refractivity contribution in [1.82, 2.24) is 19.9 Å². The van der Waals surface area contributed by atoms with Crippen molar-refractivity contribution in [3.05, 3.63) is 6.33 Å². The van der Waals surface area contributed by atoms with E-state index in [4.69, 9.17) is 11.5 Å². The summed E-state index contributed by atoms with van der Waals surface area (Å²) < 4.78 is 0. The van der Waals surface area contributed by atoms with E-state index >= 15 is 0 Å². The largest absolute Gasteiger partial charge is 0.368 e. The van der Waals surface area contributed by atoms with E-state index in [-0.39, 0.29) is 13.1 Å². The van der Waals surface area contributed by atoms with Gasteiger partial charge in [0.25, 0.3) is 0 Å². The van der Waals surface area contributed by atoms with Crippen LogP contribution in [0.1, 0.15) is 6.92 Å². The number of primary amides is 2. The minimum atomic E-state index is -0.604. The summed E-state index contributed by atoms with van der Waals surface area (Å²) in [5.74, 6) is -0.530. The lowest BCUT2D eigenvalue weighted by atomic mass is 10.3. The van der Waals surface area contributed by atoms with Gasteiger partial charge in [0, 0.05) is 6.54 Å². The first-order valence-electron chi connectivity index (χ1n) is 6.27. The van der Waals surface area contributed by atoms with Crippen LogP contribution in [-0.2, 0) is 9.59 Å². The smallest absolute Gasteiger partial charge is 0.237 e. The summed E-state index contributed by atoms with van der Waals surface area (Å²) in [6, 6.07) is 0. The lowest BCUT2D eigenvalue weighted by Crippen LogP contribution is -2.40. The number of carbonyl (C=O) groups is 2. The van der Waals surface area contributed by atoms with Gasteiger partial charge in [-0.15, -0.1) is 0 Å². The van der Waals surface area contributed by atoms with E-state index in [9.17, 15) is 9.59 Å². The maximum Gasteiger partial charge on any atom is 0.237 e. The molecule has 0 aromatic carbocycles. The van der Waals surface area contributed by atoms with Crippen molar-refractivity contribution in [2.24, 2.45) is 11.5 Å². The van der Waals surface area contributed by atoms with E-state index in [1.165, 1.54) is 11.2 Å². The molecule has 2 aromatic heterocycles. The maximum atomic E-state index is 11.2. The Hall–Kier alpha value is -2.91. The van der Waals surface area contributed by atoms with Crippen molar-refractivity contribution >= 4 is 34.7 Å². The fourth-order valence-corrected chi connectivity index (χ4v) is 1.87. The standard InChI is InChI=1S/C11H16N8O2/c1-2-14-11-17-9-8(15-5-16-9)10(18-11)19(3-6(12)20)4-7(13)21/h5H,2-4H2,1H3,(H2,12,20)(H2,13,21)(H2,14,15,16,17,18). The van der Waals surface area contributed by atoms with E-state index < -0.39 is 11.8 Å². The van der Waals surface area contributed by atoms with Gasteiger partial charge in [-0.1, -0.05) is 0 Å². The van der Waals surface area contributed by atoms with E-state index in [1.54, 1.807) is 0 Å². The van der Waals surface area contributed by atoms with Gasteiger partial charge in [0.1, 0.15) is 5.52 Å². The van der Waals surface area contributed by atoms with Crippen molar-refractivity contribution < 1.29 is 9.59 Å². The normalized spacial score (nSPS) is 10.5. The average molecular weight is 292 g/mol. The summed E-state index contributed by atoms with van der Waals surface area (Å²) in [7, 11) is 0. The van der Waals surface area contributed by atoms with Gasteiger partial charge in [-0.2, -0.15) is 9.97 Å². The maximum absolute atomic E-state index is 11.2. The van der Waals surface area contributed by atoms with E-state index in [0.29, 0.717) is 29.5 Å². The van der Waals surface area contributed by atoms with Crippen LogP contribution in [0.4, 0.5) is 11.8 Å². The second kappa shape index (κ2) is 6.03. The second-order valence-corrected chi connectivity index (χ2v) is 4.29. The fourth-order valence-electron chi connectivity index (χ4n) is 1.87. The van der Waals surface area contributed by atoms with Crippen LogP contribution in [0.3, 0.4) is 0 Å². The number of hydrogen-bond acceptors (Lipinski definition) is 7. The van der Waals surface area contributed by atoms with Gasteiger partial charge in [-0.05, 0) is 6.92 Å². The van der Waals surface area contributed by atoms with Crippen LogP contribution < -0.4 is 21.7 Å². The molecule has 0 atom stereocenters. The highest BCUT2D eigenvalue weighted by Crippen LogP contribution is 2.22. The number of nitrogens with one attached hydrogen (secondary N) is 2. The third-order valence-corrected chi connectivity index (χ3v) is 2.59. The lowest BCUT2D eigenvalue weighted by Gasteiger charge is -2.21. The first-order chi connectivity index (χ1) is 10.0. The van der Waals surface area contributed by atoms with Crippen LogP contribution in [0.5, 0.6) is 0 Å². The average Bonchev–Trinajstić information content (AvgIpc) is 2.84. The molecule has 0 fully saturated rings. The molecule has 6 N–H and O–H groups in total. The zero-order chi connectivity index (χ0) is 15.4. The lowest BCUT2D eigenvalue weighted by molar-refractivity contribution is -0.117. The molecular weight excluding hydrogens is 276 g/mol. The van der Waals surface area contributed by atoms with Crippen molar-refractivity contribution in [2.75, 3.05) is 29.9 Å². The topological polar surface area (TPSA) is 156 Å². The number of carbonyl (C=O) groups excluding carboxylic acids is 2. The quantitative estimate of drug-likeness (QED) is 0.487. The molecule has 112 valence electrons. The monoisotopic (exact) mass is 292 g/mol. The van der Waals surface area contributed by atoms with Crippen LogP contribution in [0, 0.1) is 0 Å². The minimum Gasteiger partial charge on any atom is -0.368 e. The Bertz CT molecular complexity index is 651. The fraction of sp³-hybridized carbons (Fsp3) is 0.364. The van der Waals surface area contributed by atoms with Crippen molar-refractivity contribution in [3.63, 3.8) is 0 Å². The summed E-state index contributed by atoms with van der Waals surface area (Å²) in [5.41, 5.74) is 11.3. The number of fused-ring (bicyclic) bond motifs is 1. The Morgan fingerprint density at radius 2 is 1.95 bits per heavy atom. The van der Waals surface area contributed by atoms with Gasteiger partial charge >= 0.3 is 0 Å². The van der Waals surface area contributed by atoms with E-state index in [2.05, 4.69) is 25.3 Å². The molecule has 0 aliphatic rings. The molecule has 0 aliphatic heterocycles. The molecule has 0 unspecified atom stereocenters. The third-order valence-electron chi connectivity index (χ3n) is 2.59. The van der Waals surface area contributed by atoms with Crippen LogP contribution in [-0.4, -0.2) is 51.4 Å². The van der Waals surface area contributed by atoms with Crippen LogP contribution in [0.25, 0.3) is 11.2 Å². The van der Waals surface area contributed by atoms with Crippen molar-refractivity contribution in [3.8, 4) is 0 Å². The number of aromatic nitrogens is 4. The molecule has 0 radical (unpaired) electrons. The Kier molecular flexibility index (Phi) is 4.16. The molecule has 21 heavy (non-hydrogen) atoms. The molecule has 2 aromatic rings. The van der Waals surface area contributed by atoms with E-state index in [0.717, 1.165) is 0 Å². The van der Waals surface area contributed by atoms with Gasteiger partial charge < -0.3 is 26.7 Å². The molecule has 0 saturated heterocycles. The molecule has 10 nitrogen and oxygen atoms in total. The Morgan fingerprint density at radius 1 is 1.29 bits per heavy atom. The molecule has 0 bridgehead atoms. The first kappa shape index (κ1) is 14.5. The second-order valence-electron chi connectivity index (χ2n) is 4.29. The molecule has 0 saturated carbocycles. The van der Waals surface area contributed by atoms with Crippen molar-refractivity contribution in [1.29, 1.82) is 0 Å².